The number of anilines is 1. The lowest BCUT2D eigenvalue weighted by Gasteiger charge is -2.20. The molecule has 0 aromatic carbocycles. The molecule has 1 amide bonds. The van der Waals surface area contributed by atoms with Crippen molar-refractivity contribution in [1.29, 1.82) is 5.26 Å². The molecule has 0 unspecified atom stereocenters. The van der Waals surface area contributed by atoms with Crippen LogP contribution in [0.25, 0.3) is 0 Å². The highest BCUT2D eigenvalue weighted by molar-refractivity contribution is 5.84. The molecule has 0 spiro atoms. The van der Waals surface area contributed by atoms with Crippen molar-refractivity contribution in [3.05, 3.63) is 23.1 Å². The number of hydrogen-bond donors (Lipinski definition) is 2. The smallest absolute Gasteiger partial charge is 0.413 e. The van der Waals surface area contributed by atoms with Gasteiger partial charge in [0.25, 0.3) is 0 Å². The van der Waals surface area contributed by atoms with E-state index in [9.17, 15) is 14.0 Å². The van der Waals surface area contributed by atoms with Gasteiger partial charge >= 0.3 is 12.1 Å². The first-order valence-corrected chi connectivity index (χ1v) is 6.43. The summed E-state index contributed by atoms with van der Waals surface area (Å²) in [6.45, 7) is 4.99. The van der Waals surface area contributed by atoms with Crippen LogP contribution in [0.4, 0.5) is 15.0 Å². The summed E-state index contributed by atoms with van der Waals surface area (Å²) in [5, 5.41) is 19.8. The van der Waals surface area contributed by atoms with E-state index >= 15 is 0 Å². The second-order valence-corrected chi connectivity index (χ2v) is 5.46. The van der Waals surface area contributed by atoms with Crippen LogP contribution in [0.2, 0.25) is 0 Å². The molecule has 2 N–H and O–H groups in total. The molecule has 0 radical (unpaired) electrons. The SMILES string of the molecule is CC(C)(C)OC(=O)Nc1nc(C#N)c(F)cc1CCC(=O)O. The van der Waals surface area contributed by atoms with Gasteiger partial charge in [0.2, 0.25) is 0 Å². The fourth-order valence-corrected chi connectivity index (χ4v) is 1.55. The number of aromatic nitrogens is 1. The molecule has 0 aliphatic carbocycles. The molecule has 1 aromatic rings. The summed E-state index contributed by atoms with van der Waals surface area (Å²) in [7, 11) is 0. The summed E-state index contributed by atoms with van der Waals surface area (Å²) in [4.78, 5) is 26.1. The molecule has 1 rings (SSSR count). The first-order valence-electron chi connectivity index (χ1n) is 6.43. The Bertz CT molecular complexity index is 632. The van der Waals surface area contributed by atoms with Crippen LogP contribution in [0, 0.1) is 17.1 Å². The maximum Gasteiger partial charge on any atom is 0.413 e. The molecule has 0 saturated carbocycles. The Labute approximate surface area is 126 Å². The summed E-state index contributed by atoms with van der Waals surface area (Å²) in [6, 6.07) is 2.54. The number of aliphatic carboxylic acids is 1. The van der Waals surface area contributed by atoms with E-state index < -0.39 is 29.2 Å². The zero-order chi connectivity index (χ0) is 16.9. The number of rotatable bonds is 4. The highest BCUT2D eigenvalue weighted by Gasteiger charge is 2.19. The van der Waals surface area contributed by atoms with Gasteiger partial charge < -0.3 is 9.84 Å². The van der Waals surface area contributed by atoms with Crippen molar-refractivity contribution in [3.63, 3.8) is 0 Å². The van der Waals surface area contributed by atoms with Crippen molar-refractivity contribution in [2.75, 3.05) is 5.32 Å². The zero-order valence-corrected chi connectivity index (χ0v) is 12.4. The van der Waals surface area contributed by atoms with Gasteiger partial charge in [-0.05, 0) is 38.8 Å². The maximum absolute atomic E-state index is 13.6. The topological polar surface area (TPSA) is 112 Å². The maximum atomic E-state index is 13.6. The van der Waals surface area contributed by atoms with Crippen LogP contribution < -0.4 is 5.32 Å². The van der Waals surface area contributed by atoms with Gasteiger partial charge in [-0.1, -0.05) is 0 Å². The summed E-state index contributed by atoms with van der Waals surface area (Å²) >= 11 is 0. The van der Waals surface area contributed by atoms with Crippen molar-refractivity contribution in [2.24, 2.45) is 0 Å². The van der Waals surface area contributed by atoms with E-state index in [-0.39, 0.29) is 24.2 Å². The molecule has 22 heavy (non-hydrogen) atoms. The molecule has 118 valence electrons. The third-order valence-electron chi connectivity index (χ3n) is 2.39. The Morgan fingerprint density at radius 1 is 1.50 bits per heavy atom. The minimum absolute atomic E-state index is 0.0455. The number of nitriles is 1. The van der Waals surface area contributed by atoms with E-state index in [0.717, 1.165) is 6.07 Å². The van der Waals surface area contributed by atoms with Crippen molar-refractivity contribution < 1.29 is 23.8 Å². The summed E-state index contributed by atoms with van der Waals surface area (Å²) < 4.78 is 18.6. The average Bonchev–Trinajstić information content (AvgIpc) is 2.36. The molecule has 7 nitrogen and oxygen atoms in total. The molecule has 0 aliphatic heterocycles. The largest absolute Gasteiger partial charge is 0.481 e. The van der Waals surface area contributed by atoms with Crippen LogP contribution in [0.15, 0.2) is 6.07 Å². The van der Waals surface area contributed by atoms with Gasteiger partial charge in [-0.3, -0.25) is 10.1 Å². The lowest BCUT2D eigenvalue weighted by molar-refractivity contribution is -0.136. The van der Waals surface area contributed by atoms with E-state index in [1.165, 1.54) is 0 Å². The molecule has 0 bridgehead atoms. The van der Waals surface area contributed by atoms with Gasteiger partial charge in [-0.2, -0.15) is 5.26 Å². The van der Waals surface area contributed by atoms with Gasteiger partial charge in [0.05, 0.1) is 0 Å². The number of halogens is 1. The van der Waals surface area contributed by atoms with E-state index in [1.54, 1.807) is 26.8 Å². The predicted molar refractivity (Wildman–Crippen MR) is 74.7 cm³/mol. The quantitative estimate of drug-likeness (QED) is 0.883. The average molecular weight is 309 g/mol. The predicted octanol–water partition coefficient (Wildman–Crippen LogP) is 2.46. The van der Waals surface area contributed by atoms with Gasteiger partial charge in [0.1, 0.15) is 17.5 Å². The Kier molecular flexibility index (Phi) is 5.40. The summed E-state index contributed by atoms with van der Waals surface area (Å²) in [6.07, 6.45) is -1.14. The Morgan fingerprint density at radius 2 is 2.14 bits per heavy atom. The van der Waals surface area contributed by atoms with Crippen LogP contribution in [0.3, 0.4) is 0 Å². The van der Waals surface area contributed by atoms with Crippen molar-refractivity contribution in [2.45, 2.75) is 39.2 Å². The minimum atomic E-state index is -1.08. The number of amides is 1. The van der Waals surface area contributed by atoms with Crippen LogP contribution in [-0.2, 0) is 16.0 Å². The number of carboxylic acids is 1. The number of hydrogen-bond acceptors (Lipinski definition) is 5. The first-order chi connectivity index (χ1) is 10.1. The number of carbonyl (C=O) groups is 2. The molecule has 0 saturated heterocycles. The Morgan fingerprint density at radius 3 is 2.64 bits per heavy atom. The van der Waals surface area contributed by atoms with Crippen molar-refractivity contribution in [1.82, 2.24) is 4.98 Å². The second-order valence-electron chi connectivity index (χ2n) is 5.46. The number of aryl methyl sites for hydroxylation is 1. The van der Waals surface area contributed by atoms with Crippen molar-refractivity contribution >= 4 is 17.9 Å². The lowest BCUT2D eigenvalue weighted by Crippen LogP contribution is -2.28. The Hall–Kier alpha value is -2.69. The zero-order valence-electron chi connectivity index (χ0n) is 12.4. The molecular weight excluding hydrogens is 293 g/mol. The van der Waals surface area contributed by atoms with E-state index in [0.29, 0.717) is 0 Å². The number of ether oxygens (including phenoxy) is 1. The van der Waals surface area contributed by atoms with E-state index in [4.69, 9.17) is 15.1 Å². The van der Waals surface area contributed by atoms with E-state index in [2.05, 4.69) is 10.3 Å². The van der Waals surface area contributed by atoms with Crippen LogP contribution >= 0.6 is 0 Å². The Balaban J connectivity index is 3.06. The standard InChI is InChI=1S/C14H16FN3O4/c1-14(2,3)22-13(21)18-12-8(4-5-11(19)20)6-9(15)10(7-16)17-12/h6H,4-5H2,1-3H3,(H,19,20)(H,17,18,21). The molecule has 0 fully saturated rings. The normalized spacial score (nSPS) is 10.7. The number of nitrogens with one attached hydrogen (secondary N) is 1. The highest BCUT2D eigenvalue weighted by Crippen LogP contribution is 2.19. The highest BCUT2D eigenvalue weighted by atomic mass is 19.1. The minimum Gasteiger partial charge on any atom is -0.481 e. The van der Waals surface area contributed by atoms with Gasteiger partial charge in [-0.15, -0.1) is 0 Å². The molecular formula is C14H16FN3O4. The number of pyridine rings is 1. The summed E-state index contributed by atoms with van der Waals surface area (Å²) in [5.74, 6) is -2.04. The molecule has 8 heteroatoms. The third kappa shape index (κ3) is 5.36. The number of carbonyl (C=O) groups excluding carboxylic acids is 1. The lowest BCUT2D eigenvalue weighted by atomic mass is 10.1. The van der Waals surface area contributed by atoms with Crippen molar-refractivity contribution in [3.8, 4) is 6.07 Å². The molecule has 1 aromatic heterocycles. The number of nitrogens with zero attached hydrogens (tertiary/aromatic N) is 2. The monoisotopic (exact) mass is 309 g/mol. The second kappa shape index (κ2) is 6.85. The molecule has 0 aliphatic rings. The van der Waals surface area contributed by atoms with Crippen LogP contribution in [-0.4, -0.2) is 27.8 Å². The molecule has 1 heterocycles. The first kappa shape index (κ1) is 17.4. The molecule has 0 atom stereocenters. The fraction of sp³-hybridized carbons (Fsp3) is 0.429. The van der Waals surface area contributed by atoms with Gasteiger partial charge in [-0.25, -0.2) is 14.2 Å². The van der Waals surface area contributed by atoms with E-state index in [1.807, 2.05) is 0 Å². The third-order valence-corrected chi connectivity index (χ3v) is 2.39. The van der Waals surface area contributed by atoms with Crippen LogP contribution in [0.5, 0.6) is 0 Å². The summed E-state index contributed by atoms with van der Waals surface area (Å²) in [5.41, 5.74) is -1.07. The fourth-order valence-electron chi connectivity index (χ4n) is 1.55. The van der Waals surface area contributed by atoms with Gasteiger partial charge in [0, 0.05) is 6.42 Å². The van der Waals surface area contributed by atoms with Crippen LogP contribution in [0.1, 0.15) is 38.4 Å². The van der Waals surface area contributed by atoms with Gasteiger partial charge in [0.15, 0.2) is 11.5 Å². The number of carboxylic acid groups (broad SMARTS) is 1.